The van der Waals surface area contributed by atoms with Gasteiger partial charge in [-0.15, -0.1) is 0 Å². The first-order valence-electron chi connectivity index (χ1n) is 12.7. The summed E-state index contributed by atoms with van der Waals surface area (Å²) in [5.41, 5.74) is 3.46. The van der Waals surface area contributed by atoms with Crippen molar-refractivity contribution in [1.29, 1.82) is 0 Å². The molecule has 2 heterocycles. The van der Waals surface area contributed by atoms with Crippen LogP contribution >= 0.6 is 0 Å². The van der Waals surface area contributed by atoms with Crippen molar-refractivity contribution in [1.82, 2.24) is 4.90 Å². The topological polar surface area (TPSA) is 69.0 Å². The lowest BCUT2D eigenvalue weighted by atomic mass is 9.98. The number of amides is 1. The fourth-order valence-electron chi connectivity index (χ4n) is 4.78. The van der Waals surface area contributed by atoms with Crippen molar-refractivity contribution in [3.63, 3.8) is 0 Å². The molecule has 5 rings (SSSR count). The molecule has 37 heavy (non-hydrogen) atoms. The summed E-state index contributed by atoms with van der Waals surface area (Å²) in [7, 11) is 0. The van der Waals surface area contributed by atoms with Crippen molar-refractivity contribution >= 4 is 16.9 Å². The van der Waals surface area contributed by atoms with Gasteiger partial charge in [0, 0.05) is 13.2 Å². The number of benzene rings is 3. The average Bonchev–Trinajstić information content (AvgIpc) is 3.18. The van der Waals surface area contributed by atoms with E-state index in [4.69, 9.17) is 13.9 Å². The van der Waals surface area contributed by atoms with Gasteiger partial charge in [0.2, 0.25) is 5.76 Å². The van der Waals surface area contributed by atoms with E-state index in [1.54, 1.807) is 11.0 Å². The molecule has 1 aromatic heterocycles. The molecule has 0 spiro atoms. The van der Waals surface area contributed by atoms with Gasteiger partial charge < -0.3 is 18.8 Å². The van der Waals surface area contributed by atoms with Crippen molar-refractivity contribution in [3.05, 3.63) is 111 Å². The first-order chi connectivity index (χ1) is 17.9. The van der Waals surface area contributed by atoms with Crippen LogP contribution in [0.1, 0.15) is 59.1 Å². The molecule has 0 aliphatic carbocycles. The summed E-state index contributed by atoms with van der Waals surface area (Å²) in [6, 6.07) is 22.4. The first kappa shape index (κ1) is 24.8. The molecule has 0 saturated carbocycles. The Morgan fingerprint density at radius 1 is 0.973 bits per heavy atom. The minimum atomic E-state index is -0.567. The average molecular weight is 498 g/mol. The highest BCUT2D eigenvalue weighted by atomic mass is 16.5. The van der Waals surface area contributed by atoms with Gasteiger partial charge in [0.15, 0.2) is 5.43 Å². The van der Waals surface area contributed by atoms with Crippen LogP contribution in [0.5, 0.6) is 5.75 Å². The molecule has 0 unspecified atom stereocenters. The highest BCUT2D eigenvalue weighted by Gasteiger charge is 2.42. The van der Waals surface area contributed by atoms with Crippen LogP contribution in [0.15, 0.2) is 82.0 Å². The van der Waals surface area contributed by atoms with E-state index in [2.05, 4.69) is 0 Å². The summed E-state index contributed by atoms with van der Waals surface area (Å²) >= 11 is 0. The van der Waals surface area contributed by atoms with Gasteiger partial charge in [-0.25, -0.2) is 0 Å². The maximum Gasteiger partial charge on any atom is 0.290 e. The molecule has 0 radical (unpaired) electrons. The smallest absolute Gasteiger partial charge is 0.290 e. The van der Waals surface area contributed by atoms with Gasteiger partial charge in [-0.1, -0.05) is 54.1 Å². The molecular weight excluding hydrogens is 466 g/mol. The van der Waals surface area contributed by atoms with E-state index in [-0.39, 0.29) is 23.2 Å². The zero-order valence-electron chi connectivity index (χ0n) is 21.4. The standard InChI is InChI=1S/C31H31NO5/c1-20(2)35-16-8-15-32-28(23-11-7-12-24(18-23)36-19-22-9-5-4-6-10-22)27-29(33)25-17-21(3)13-14-26(25)37-30(27)31(32)34/h4-7,9-14,17-18,20,28H,8,15-16,19H2,1-3H3/t28-/m0/s1. The number of ether oxygens (including phenoxy) is 2. The highest BCUT2D eigenvalue weighted by Crippen LogP contribution is 2.39. The molecule has 0 bridgehead atoms. The monoisotopic (exact) mass is 497 g/mol. The molecule has 0 N–H and O–H groups in total. The van der Waals surface area contributed by atoms with E-state index in [1.807, 2.05) is 87.5 Å². The molecule has 1 atom stereocenters. The van der Waals surface area contributed by atoms with E-state index in [0.717, 1.165) is 16.7 Å². The van der Waals surface area contributed by atoms with Gasteiger partial charge in [-0.2, -0.15) is 0 Å². The maximum absolute atomic E-state index is 13.8. The van der Waals surface area contributed by atoms with Crippen LogP contribution in [-0.2, 0) is 11.3 Å². The Bertz CT molecular complexity index is 1470. The Morgan fingerprint density at radius 2 is 1.78 bits per heavy atom. The van der Waals surface area contributed by atoms with E-state index in [0.29, 0.717) is 48.5 Å². The van der Waals surface area contributed by atoms with Crippen LogP contribution in [0.3, 0.4) is 0 Å². The lowest BCUT2D eigenvalue weighted by Gasteiger charge is -2.25. The van der Waals surface area contributed by atoms with Gasteiger partial charge in [0.1, 0.15) is 17.9 Å². The molecule has 190 valence electrons. The molecule has 6 heteroatoms. The second kappa shape index (κ2) is 10.6. The molecule has 6 nitrogen and oxygen atoms in total. The third kappa shape index (κ3) is 5.16. The van der Waals surface area contributed by atoms with E-state index < -0.39 is 6.04 Å². The lowest BCUT2D eigenvalue weighted by molar-refractivity contribution is 0.0593. The summed E-state index contributed by atoms with van der Waals surface area (Å²) in [5, 5.41) is 0.484. The van der Waals surface area contributed by atoms with Crippen LogP contribution < -0.4 is 10.2 Å². The zero-order valence-corrected chi connectivity index (χ0v) is 21.4. The van der Waals surface area contributed by atoms with Crippen LogP contribution in [-0.4, -0.2) is 30.1 Å². The number of carbonyl (C=O) groups excluding carboxylic acids is 1. The van der Waals surface area contributed by atoms with Crippen molar-refractivity contribution < 1.29 is 18.7 Å². The van der Waals surface area contributed by atoms with Gasteiger partial charge in [-0.3, -0.25) is 9.59 Å². The fraction of sp³-hybridized carbons (Fsp3) is 0.290. The van der Waals surface area contributed by atoms with Crippen LogP contribution in [0, 0.1) is 6.92 Å². The fourth-order valence-corrected chi connectivity index (χ4v) is 4.78. The quantitative estimate of drug-likeness (QED) is 0.264. The predicted molar refractivity (Wildman–Crippen MR) is 143 cm³/mol. The van der Waals surface area contributed by atoms with Gasteiger partial charge >= 0.3 is 0 Å². The summed E-state index contributed by atoms with van der Waals surface area (Å²) in [4.78, 5) is 29.1. The molecule has 1 aliphatic rings. The molecule has 1 aliphatic heterocycles. The Kier molecular flexibility index (Phi) is 7.10. The van der Waals surface area contributed by atoms with Gasteiger partial charge in [0.05, 0.1) is 23.1 Å². The minimum absolute atomic E-state index is 0.109. The largest absolute Gasteiger partial charge is 0.489 e. The summed E-state index contributed by atoms with van der Waals surface area (Å²) < 4.78 is 17.8. The van der Waals surface area contributed by atoms with Gasteiger partial charge in [0.25, 0.3) is 5.91 Å². The maximum atomic E-state index is 13.8. The summed E-state index contributed by atoms with van der Waals surface area (Å²) in [5.74, 6) is 0.512. The Hall–Kier alpha value is -3.90. The third-order valence-corrected chi connectivity index (χ3v) is 6.54. The van der Waals surface area contributed by atoms with Crippen LogP contribution in [0.25, 0.3) is 11.0 Å². The summed E-state index contributed by atoms with van der Waals surface area (Å²) in [6.45, 7) is 7.28. The molecule has 4 aromatic rings. The van der Waals surface area contributed by atoms with Crippen molar-refractivity contribution in [2.24, 2.45) is 0 Å². The first-order valence-corrected chi connectivity index (χ1v) is 12.7. The number of hydrogen-bond acceptors (Lipinski definition) is 5. The number of hydrogen-bond donors (Lipinski definition) is 0. The van der Waals surface area contributed by atoms with Crippen molar-refractivity contribution in [2.75, 3.05) is 13.2 Å². The Balaban J connectivity index is 1.53. The van der Waals surface area contributed by atoms with Crippen LogP contribution in [0.2, 0.25) is 0 Å². The number of fused-ring (bicyclic) bond motifs is 2. The third-order valence-electron chi connectivity index (χ3n) is 6.54. The highest BCUT2D eigenvalue weighted by molar-refractivity contribution is 5.99. The second-order valence-corrected chi connectivity index (χ2v) is 9.69. The van der Waals surface area contributed by atoms with E-state index in [1.165, 1.54) is 0 Å². The van der Waals surface area contributed by atoms with E-state index in [9.17, 15) is 9.59 Å². The number of carbonyl (C=O) groups is 1. The van der Waals surface area contributed by atoms with Crippen molar-refractivity contribution in [2.45, 2.75) is 45.9 Å². The normalized spacial score (nSPS) is 15.0. The number of aryl methyl sites for hydroxylation is 1. The summed E-state index contributed by atoms with van der Waals surface area (Å²) in [6.07, 6.45) is 0.753. The van der Waals surface area contributed by atoms with Crippen LogP contribution in [0.4, 0.5) is 0 Å². The SMILES string of the molecule is Cc1ccc2oc3c(c(=O)c2c1)[C@H](c1cccc(OCc2ccccc2)c1)N(CCCOC(C)C)C3=O. The molecule has 1 amide bonds. The number of nitrogens with zero attached hydrogens (tertiary/aromatic N) is 1. The molecule has 0 fully saturated rings. The second-order valence-electron chi connectivity index (χ2n) is 9.69. The minimum Gasteiger partial charge on any atom is -0.489 e. The van der Waals surface area contributed by atoms with Crippen molar-refractivity contribution in [3.8, 4) is 5.75 Å². The van der Waals surface area contributed by atoms with Gasteiger partial charge in [-0.05, 0) is 62.6 Å². The number of rotatable bonds is 9. The molecule has 0 saturated heterocycles. The van der Waals surface area contributed by atoms with E-state index >= 15 is 0 Å². The predicted octanol–water partition coefficient (Wildman–Crippen LogP) is 6.04. The lowest BCUT2D eigenvalue weighted by Crippen LogP contribution is -2.31. The zero-order chi connectivity index (χ0) is 25.9. The Morgan fingerprint density at radius 3 is 2.57 bits per heavy atom. The molecule has 3 aromatic carbocycles. The molecular formula is C31H31NO5. The Labute approximate surface area is 216 Å².